The van der Waals surface area contributed by atoms with Crippen LogP contribution in [-0.2, 0) is 13.1 Å². The second-order valence-corrected chi connectivity index (χ2v) is 6.45. The third-order valence-electron chi connectivity index (χ3n) is 3.29. The molecule has 0 radical (unpaired) electrons. The predicted octanol–water partition coefficient (Wildman–Crippen LogP) is 2.89. The predicted molar refractivity (Wildman–Crippen MR) is 80.1 cm³/mol. The Morgan fingerprint density at radius 3 is 3.10 bits per heavy atom. The van der Waals surface area contributed by atoms with E-state index in [1.807, 2.05) is 6.07 Å². The Bertz CT molecular complexity index is 674. The molecule has 1 aromatic heterocycles. The summed E-state index contributed by atoms with van der Waals surface area (Å²) in [5.74, 6) is -0.288. The number of aromatic carboxylic acids is 1. The summed E-state index contributed by atoms with van der Waals surface area (Å²) in [6.45, 7) is 2.39. The van der Waals surface area contributed by atoms with Gasteiger partial charge in [-0.05, 0) is 12.1 Å². The highest BCUT2D eigenvalue weighted by atomic mass is 35.5. The minimum absolute atomic E-state index is 0.288. The van der Waals surface area contributed by atoms with Gasteiger partial charge in [0.05, 0.1) is 18.3 Å². The molecule has 0 amide bonds. The van der Waals surface area contributed by atoms with E-state index in [-0.39, 0.29) is 5.56 Å². The van der Waals surface area contributed by atoms with Crippen molar-refractivity contribution in [1.29, 1.82) is 0 Å². The molecule has 1 aromatic carbocycles. The number of nitrogens with zero attached hydrogens (tertiary/aromatic N) is 2. The minimum Gasteiger partial charge on any atom is -0.492 e. The maximum Gasteiger partial charge on any atom is 0.336 e. The zero-order valence-electron chi connectivity index (χ0n) is 11.1. The van der Waals surface area contributed by atoms with Gasteiger partial charge in [-0.1, -0.05) is 17.7 Å². The molecule has 3 rings (SSSR count). The molecule has 0 saturated carbocycles. The van der Waals surface area contributed by atoms with Gasteiger partial charge in [-0.3, -0.25) is 4.90 Å². The van der Waals surface area contributed by atoms with E-state index in [2.05, 4.69) is 9.88 Å². The van der Waals surface area contributed by atoms with Gasteiger partial charge in [0.1, 0.15) is 21.7 Å². The summed E-state index contributed by atoms with van der Waals surface area (Å²) in [6.07, 6.45) is 1.63. The fourth-order valence-electron chi connectivity index (χ4n) is 2.34. The molecule has 5 nitrogen and oxygen atoms in total. The summed E-state index contributed by atoms with van der Waals surface area (Å²) in [6, 6.07) is 5.12. The summed E-state index contributed by atoms with van der Waals surface area (Å²) in [4.78, 5) is 17.7. The normalized spacial score (nSPS) is 15.1. The number of aromatic nitrogens is 1. The molecule has 2 aromatic rings. The van der Waals surface area contributed by atoms with Crippen LogP contribution >= 0.6 is 22.9 Å². The van der Waals surface area contributed by atoms with Crippen LogP contribution in [0.1, 0.15) is 20.9 Å². The van der Waals surface area contributed by atoms with Gasteiger partial charge in [0.25, 0.3) is 0 Å². The van der Waals surface area contributed by atoms with Crippen molar-refractivity contribution in [2.75, 3.05) is 13.2 Å². The molecule has 0 fully saturated rings. The average molecular weight is 325 g/mol. The summed E-state index contributed by atoms with van der Waals surface area (Å²) in [7, 11) is 0. The minimum atomic E-state index is -0.936. The van der Waals surface area contributed by atoms with E-state index in [1.165, 1.54) is 11.3 Å². The summed E-state index contributed by atoms with van der Waals surface area (Å²) in [5, 5.41) is 10.2. The molecular weight excluding hydrogens is 312 g/mol. The lowest BCUT2D eigenvalue weighted by Crippen LogP contribution is -2.25. The number of ether oxygens (including phenoxy) is 1. The smallest absolute Gasteiger partial charge is 0.336 e. The van der Waals surface area contributed by atoms with E-state index in [1.54, 1.807) is 18.3 Å². The molecular formula is C14H13ClN2O3S. The van der Waals surface area contributed by atoms with Crippen molar-refractivity contribution >= 4 is 28.9 Å². The summed E-state index contributed by atoms with van der Waals surface area (Å²) < 4.78 is 6.32. The van der Waals surface area contributed by atoms with E-state index >= 15 is 0 Å². The Morgan fingerprint density at radius 2 is 2.38 bits per heavy atom. The number of hydrogen-bond acceptors (Lipinski definition) is 5. The van der Waals surface area contributed by atoms with Crippen molar-refractivity contribution in [3.63, 3.8) is 0 Å². The standard InChI is InChI=1S/C14H13ClN2O3S/c15-12-6-16-13(21-12)8-17-4-5-20-11-3-1-2-9(14(18)19)10(11)7-17/h1-3,6H,4-5,7-8H2,(H,18,19). The second kappa shape index (κ2) is 6.01. The highest BCUT2D eigenvalue weighted by Gasteiger charge is 2.21. The lowest BCUT2D eigenvalue weighted by Gasteiger charge is -2.18. The molecule has 21 heavy (non-hydrogen) atoms. The number of carboxylic acid groups (broad SMARTS) is 1. The van der Waals surface area contributed by atoms with Crippen LogP contribution in [0.15, 0.2) is 24.4 Å². The van der Waals surface area contributed by atoms with Crippen LogP contribution in [0.4, 0.5) is 0 Å². The van der Waals surface area contributed by atoms with Crippen molar-refractivity contribution < 1.29 is 14.6 Å². The van der Waals surface area contributed by atoms with Gasteiger partial charge in [0, 0.05) is 18.7 Å². The lowest BCUT2D eigenvalue weighted by molar-refractivity contribution is 0.0694. The average Bonchev–Trinajstić information content (AvgIpc) is 2.74. The fourth-order valence-corrected chi connectivity index (χ4v) is 3.34. The summed E-state index contributed by atoms with van der Waals surface area (Å²) >= 11 is 7.33. The van der Waals surface area contributed by atoms with Crippen molar-refractivity contribution in [2.24, 2.45) is 0 Å². The van der Waals surface area contributed by atoms with Gasteiger partial charge in [-0.15, -0.1) is 11.3 Å². The number of thiazole rings is 1. The van der Waals surface area contributed by atoms with Crippen molar-refractivity contribution in [2.45, 2.75) is 13.1 Å². The lowest BCUT2D eigenvalue weighted by atomic mass is 10.1. The van der Waals surface area contributed by atoms with E-state index in [9.17, 15) is 9.90 Å². The van der Waals surface area contributed by atoms with E-state index in [0.717, 1.165) is 5.01 Å². The van der Waals surface area contributed by atoms with Crippen molar-refractivity contribution in [3.8, 4) is 5.75 Å². The quantitative estimate of drug-likeness (QED) is 0.940. The highest BCUT2D eigenvalue weighted by molar-refractivity contribution is 7.15. The maximum atomic E-state index is 11.4. The SMILES string of the molecule is O=C(O)c1cccc2c1CN(Cc1ncc(Cl)s1)CCO2. The van der Waals surface area contributed by atoms with E-state index < -0.39 is 5.97 Å². The molecule has 2 heterocycles. The molecule has 1 N–H and O–H groups in total. The Morgan fingerprint density at radius 1 is 1.52 bits per heavy atom. The zero-order chi connectivity index (χ0) is 14.8. The highest BCUT2D eigenvalue weighted by Crippen LogP contribution is 2.28. The van der Waals surface area contributed by atoms with Crippen molar-refractivity contribution in [3.05, 3.63) is 44.9 Å². The maximum absolute atomic E-state index is 11.4. The third-order valence-corrected chi connectivity index (χ3v) is 4.39. The van der Waals surface area contributed by atoms with Gasteiger partial charge >= 0.3 is 5.97 Å². The first kappa shape index (κ1) is 14.3. The first-order valence-corrected chi connectivity index (χ1v) is 7.63. The first-order chi connectivity index (χ1) is 10.1. The second-order valence-electron chi connectivity index (χ2n) is 4.70. The zero-order valence-corrected chi connectivity index (χ0v) is 12.7. The van der Waals surface area contributed by atoms with Gasteiger partial charge in [-0.2, -0.15) is 0 Å². The molecule has 0 bridgehead atoms. The van der Waals surface area contributed by atoms with Gasteiger partial charge in [0.15, 0.2) is 0 Å². The molecule has 0 atom stereocenters. The van der Waals surface area contributed by atoms with Crippen LogP contribution in [0.3, 0.4) is 0 Å². The van der Waals surface area contributed by atoms with Crippen LogP contribution in [-0.4, -0.2) is 34.1 Å². The molecule has 0 unspecified atom stereocenters. The molecule has 0 spiro atoms. The Kier molecular flexibility index (Phi) is 4.10. The number of halogens is 1. The van der Waals surface area contributed by atoms with Crippen LogP contribution in [0.25, 0.3) is 0 Å². The largest absolute Gasteiger partial charge is 0.492 e. The number of hydrogen-bond donors (Lipinski definition) is 1. The first-order valence-electron chi connectivity index (χ1n) is 6.44. The Labute approximate surface area is 130 Å². The number of carboxylic acids is 1. The summed E-state index contributed by atoms with van der Waals surface area (Å²) in [5.41, 5.74) is 1.00. The number of benzene rings is 1. The van der Waals surface area contributed by atoms with Crippen LogP contribution in [0.5, 0.6) is 5.75 Å². The molecule has 0 saturated heterocycles. The molecule has 1 aliphatic rings. The van der Waals surface area contributed by atoms with Crippen LogP contribution in [0, 0.1) is 0 Å². The Hall–Kier alpha value is -1.63. The monoisotopic (exact) mass is 324 g/mol. The van der Waals surface area contributed by atoms with E-state index in [0.29, 0.717) is 41.9 Å². The molecule has 0 aliphatic carbocycles. The van der Waals surface area contributed by atoms with Crippen LogP contribution < -0.4 is 4.74 Å². The number of fused-ring (bicyclic) bond motifs is 1. The van der Waals surface area contributed by atoms with Gasteiger partial charge < -0.3 is 9.84 Å². The molecule has 110 valence electrons. The molecule has 7 heteroatoms. The van der Waals surface area contributed by atoms with Crippen molar-refractivity contribution in [1.82, 2.24) is 9.88 Å². The van der Waals surface area contributed by atoms with E-state index in [4.69, 9.17) is 16.3 Å². The number of carbonyl (C=O) groups is 1. The topological polar surface area (TPSA) is 62.7 Å². The fraction of sp³-hybridized carbons (Fsp3) is 0.286. The number of rotatable bonds is 3. The molecule has 1 aliphatic heterocycles. The van der Waals surface area contributed by atoms with Gasteiger partial charge in [-0.25, -0.2) is 9.78 Å². The van der Waals surface area contributed by atoms with Crippen LogP contribution in [0.2, 0.25) is 4.34 Å². The third kappa shape index (κ3) is 3.18. The van der Waals surface area contributed by atoms with Gasteiger partial charge in [0.2, 0.25) is 0 Å². The Balaban J connectivity index is 1.86.